The van der Waals surface area contributed by atoms with Crippen LogP contribution >= 0.6 is 0 Å². The van der Waals surface area contributed by atoms with Gasteiger partial charge < -0.3 is 10.1 Å². The first-order chi connectivity index (χ1) is 12.7. The molecule has 0 fully saturated rings. The molecule has 7 nitrogen and oxygen atoms in total. The third kappa shape index (κ3) is 5.30. The number of esters is 1. The fraction of sp³-hybridized carbons (Fsp3) is 0.263. The lowest BCUT2D eigenvalue weighted by Crippen LogP contribution is -2.27. The Hall–Kier alpha value is -2.87. The number of sulfonamides is 1. The third-order valence-corrected chi connectivity index (χ3v) is 5.02. The Kier molecular flexibility index (Phi) is 6.57. The van der Waals surface area contributed by atoms with E-state index in [1.807, 2.05) is 13.8 Å². The van der Waals surface area contributed by atoms with E-state index in [1.165, 1.54) is 43.5 Å². The summed E-state index contributed by atoms with van der Waals surface area (Å²) in [5.74, 6) is -0.733. The van der Waals surface area contributed by atoms with Crippen LogP contribution in [0.1, 0.15) is 34.6 Å². The molecule has 1 amide bonds. The molecule has 0 aliphatic heterocycles. The molecule has 0 saturated heterocycles. The van der Waals surface area contributed by atoms with E-state index in [2.05, 4.69) is 14.8 Å². The molecule has 27 heavy (non-hydrogen) atoms. The molecule has 2 rings (SSSR count). The van der Waals surface area contributed by atoms with Crippen molar-refractivity contribution in [1.82, 2.24) is 5.32 Å². The molecular formula is C19H22N2O5S. The van der Waals surface area contributed by atoms with Crippen molar-refractivity contribution in [1.29, 1.82) is 0 Å². The Morgan fingerprint density at radius 2 is 1.78 bits per heavy atom. The van der Waals surface area contributed by atoms with Crippen molar-refractivity contribution in [2.75, 3.05) is 18.4 Å². The molecule has 0 heterocycles. The fourth-order valence-corrected chi connectivity index (χ4v) is 3.39. The molecule has 8 heteroatoms. The summed E-state index contributed by atoms with van der Waals surface area (Å²) < 4.78 is 32.5. The van der Waals surface area contributed by atoms with Crippen LogP contribution in [0, 0.1) is 5.92 Å². The van der Waals surface area contributed by atoms with Gasteiger partial charge in [-0.2, -0.15) is 0 Å². The maximum absolute atomic E-state index is 12.7. The second kappa shape index (κ2) is 8.68. The van der Waals surface area contributed by atoms with Gasteiger partial charge in [0.05, 0.1) is 23.3 Å². The topological polar surface area (TPSA) is 102 Å². The summed E-state index contributed by atoms with van der Waals surface area (Å²) >= 11 is 0. The molecular weight excluding hydrogens is 368 g/mol. The molecule has 0 atom stereocenters. The maximum atomic E-state index is 12.7. The number of nitrogens with one attached hydrogen (secondary N) is 2. The number of methoxy groups -OCH3 is 1. The summed E-state index contributed by atoms with van der Waals surface area (Å²) in [6.45, 7) is 4.41. The third-order valence-electron chi connectivity index (χ3n) is 3.65. The van der Waals surface area contributed by atoms with Crippen molar-refractivity contribution < 1.29 is 22.7 Å². The van der Waals surface area contributed by atoms with Gasteiger partial charge in [0.2, 0.25) is 0 Å². The Bertz CT molecular complexity index is 939. The zero-order valence-electron chi connectivity index (χ0n) is 15.4. The minimum absolute atomic E-state index is 0.0839. The largest absolute Gasteiger partial charge is 0.465 e. The fourth-order valence-electron chi connectivity index (χ4n) is 2.27. The van der Waals surface area contributed by atoms with Crippen LogP contribution in [0.3, 0.4) is 0 Å². The lowest BCUT2D eigenvalue weighted by Gasteiger charge is -2.12. The zero-order chi connectivity index (χ0) is 20.0. The van der Waals surface area contributed by atoms with Crippen molar-refractivity contribution in [2.24, 2.45) is 5.92 Å². The molecule has 0 radical (unpaired) electrons. The molecule has 0 spiro atoms. The molecule has 0 aromatic heterocycles. The van der Waals surface area contributed by atoms with E-state index in [1.54, 1.807) is 12.1 Å². The molecule has 0 saturated carbocycles. The van der Waals surface area contributed by atoms with Gasteiger partial charge in [-0.3, -0.25) is 9.52 Å². The monoisotopic (exact) mass is 390 g/mol. The summed E-state index contributed by atoms with van der Waals surface area (Å²) in [5.41, 5.74) is 0.424. The first kappa shape index (κ1) is 20.4. The van der Waals surface area contributed by atoms with Crippen molar-refractivity contribution >= 4 is 27.6 Å². The van der Waals surface area contributed by atoms with E-state index >= 15 is 0 Å². The number of anilines is 1. The molecule has 2 aromatic rings. The molecule has 2 aromatic carbocycles. The van der Waals surface area contributed by atoms with Gasteiger partial charge in [-0.1, -0.05) is 32.0 Å². The van der Waals surface area contributed by atoms with Gasteiger partial charge >= 0.3 is 5.97 Å². The maximum Gasteiger partial charge on any atom is 0.339 e. The first-order valence-corrected chi connectivity index (χ1v) is 9.81. The summed E-state index contributed by atoms with van der Waals surface area (Å²) in [4.78, 5) is 23.9. The minimum atomic E-state index is -4.00. The number of hydrogen-bond acceptors (Lipinski definition) is 5. The van der Waals surface area contributed by atoms with Crippen LogP contribution in [-0.2, 0) is 14.8 Å². The van der Waals surface area contributed by atoms with E-state index < -0.39 is 16.0 Å². The highest BCUT2D eigenvalue weighted by molar-refractivity contribution is 7.92. The van der Waals surface area contributed by atoms with E-state index in [4.69, 9.17) is 0 Å². The number of carbonyl (C=O) groups excluding carboxylic acids is 2. The van der Waals surface area contributed by atoms with Gasteiger partial charge in [-0.15, -0.1) is 0 Å². The van der Waals surface area contributed by atoms with Crippen LogP contribution in [0.4, 0.5) is 5.69 Å². The van der Waals surface area contributed by atoms with E-state index in [0.29, 0.717) is 6.54 Å². The Morgan fingerprint density at radius 1 is 1.07 bits per heavy atom. The smallest absolute Gasteiger partial charge is 0.339 e. The number of hydrogen-bond donors (Lipinski definition) is 2. The molecule has 0 unspecified atom stereocenters. The normalized spacial score (nSPS) is 11.1. The standard InChI is InChI=1S/C19H22N2O5S/c1-13(2)12-20-18(22)14-7-6-8-15(11-14)27(24,25)21-17-10-5-4-9-16(17)19(23)26-3/h4-11,13,21H,12H2,1-3H3,(H,20,22). The van der Waals surface area contributed by atoms with Crippen molar-refractivity contribution in [3.63, 3.8) is 0 Å². The molecule has 2 N–H and O–H groups in total. The van der Waals surface area contributed by atoms with Gasteiger partial charge in [-0.05, 0) is 36.2 Å². The number of carbonyl (C=O) groups is 2. The van der Waals surface area contributed by atoms with Crippen LogP contribution in [0.15, 0.2) is 53.4 Å². The number of ether oxygens (including phenoxy) is 1. The quantitative estimate of drug-likeness (QED) is 0.708. The first-order valence-electron chi connectivity index (χ1n) is 8.33. The highest BCUT2D eigenvalue weighted by Gasteiger charge is 2.20. The van der Waals surface area contributed by atoms with Gasteiger partial charge in [0, 0.05) is 12.1 Å². The summed E-state index contributed by atoms with van der Waals surface area (Å²) in [6.07, 6.45) is 0. The number of benzene rings is 2. The summed E-state index contributed by atoms with van der Waals surface area (Å²) in [6, 6.07) is 11.8. The van der Waals surface area contributed by atoms with Gasteiger partial charge in [0.25, 0.3) is 15.9 Å². The Morgan fingerprint density at radius 3 is 2.44 bits per heavy atom. The second-order valence-corrected chi connectivity index (χ2v) is 7.96. The van der Waals surface area contributed by atoms with Gasteiger partial charge in [-0.25, -0.2) is 13.2 Å². The highest BCUT2D eigenvalue weighted by atomic mass is 32.2. The van der Waals surface area contributed by atoms with Gasteiger partial charge in [0.15, 0.2) is 0 Å². The minimum Gasteiger partial charge on any atom is -0.465 e. The van der Waals surface area contributed by atoms with E-state index in [0.717, 1.165) is 0 Å². The van der Waals surface area contributed by atoms with Crippen LogP contribution in [-0.4, -0.2) is 33.9 Å². The average Bonchev–Trinajstić information content (AvgIpc) is 2.65. The number of rotatable bonds is 7. The zero-order valence-corrected chi connectivity index (χ0v) is 16.2. The van der Waals surface area contributed by atoms with Crippen LogP contribution in [0.25, 0.3) is 0 Å². The molecule has 0 aliphatic rings. The Labute approximate surface area is 158 Å². The van der Waals surface area contributed by atoms with Crippen LogP contribution < -0.4 is 10.0 Å². The average molecular weight is 390 g/mol. The van der Waals surface area contributed by atoms with Gasteiger partial charge in [0.1, 0.15) is 0 Å². The predicted octanol–water partition coefficient (Wildman–Crippen LogP) is 2.66. The number of amides is 1. The molecule has 0 bridgehead atoms. The molecule has 144 valence electrons. The van der Waals surface area contributed by atoms with Crippen LogP contribution in [0.2, 0.25) is 0 Å². The number of para-hydroxylation sites is 1. The lowest BCUT2D eigenvalue weighted by molar-refractivity contribution is 0.0601. The summed E-state index contributed by atoms with van der Waals surface area (Å²) in [7, 11) is -2.79. The Balaban J connectivity index is 2.29. The van der Waals surface area contributed by atoms with Crippen molar-refractivity contribution in [3.8, 4) is 0 Å². The van der Waals surface area contributed by atoms with Crippen molar-refractivity contribution in [3.05, 3.63) is 59.7 Å². The SMILES string of the molecule is COC(=O)c1ccccc1NS(=O)(=O)c1cccc(C(=O)NCC(C)C)c1. The van der Waals surface area contributed by atoms with E-state index in [9.17, 15) is 18.0 Å². The lowest BCUT2D eigenvalue weighted by atomic mass is 10.2. The predicted molar refractivity (Wildman–Crippen MR) is 102 cm³/mol. The van der Waals surface area contributed by atoms with Crippen LogP contribution in [0.5, 0.6) is 0 Å². The summed E-state index contributed by atoms with van der Waals surface area (Å²) in [5, 5.41) is 2.74. The second-order valence-electron chi connectivity index (χ2n) is 6.27. The van der Waals surface area contributed by atoms with E-state index in [-0.39, 0.29) is 33.5 Å². The molecule has 0 aliphatic carbocycles. The highest BCUT2D eigenvalue weighted by Crippen LogP contribution is 2.21. The van der Waals surface area contributed by atoms with Crippen molar-refractivity contribution in [2.45, 2.75) is 18.7 Å².